The van der Waals surface area contributed by atoms with Gasteiger partial charge in [0.15, 0.2) is 17.5 Å². The largest absolute Gasteiger partial charge is 0.306 e. The molecule has 0 radical (unpaired) electrons. The van der Waals surface area contributed by atoms with E-state index in [1.54, 1.807) is 0 Å². The average molecular weight is 255 g/mol. The maximum Gasteiger partial charge on any atom is 0.177 e. The van der Waals surface area contributed by atoms with Crippen molar-refractivity contribution in [2.45, 2.75) is 10.1 Å². The smallest absolute Gasteiger partial charge is 0.177 e. The topological polar surface area (TPSA) is 76.7 Å². The highest BCUT2D eigenvalue weighted by Gasteiger charge is 2.12. The minimum absolute atomic E-state index is 0.0279. The Morgan fingerprint density at radius 3 is 2.71 bits per heavy atom. The van der Waals surface area contributed by atoms with E-state index in [2.05, 4.69) is 15.0 Å². The molecule has 0 aliphatic heterocycles. The summed E-state index contributed by atoms with van der Waals surface area (Å²) in [5.74, 6) is 3.19. The molecule has 8 heteroatoms. The van der Waals surface area contributed by atoms with Crippen LogP contribution in [0.2, 0.25) is 0 Å². The van der Waals surface area contributed by atoms with Gasteiger partial charge in [0.05, 0.1) is 6.20 Å². The molecule has 0 aliphatic carbocycles. The standard InChI is InChI=1S/C9H7F2N5S/c10-5-3-6(11)9(15-8(5)16-12)17-7-4-13-1-2-14-7/h1-4H,12H2,(H,15,16). The first kappa shape index (κ1) is 11.7. The predicted octanol–water partition coefficient (Wildman–Crippen LogP) is 1.59. The van der Waals surface area contributed by atoms with Gasteiger partial charge < -0.3 is 5.43 Å². The zero-order valence-electron chi connectivity index (χ0n) is 8.39. The summed E-state index contributed by atoms with van der Waals surface area (Å²) in [6.45, 7) is 0. The van der Waals surface area contributed by atoms with Gasteiger partial charge in [-0.25, -0.2) is 24.6 Å². The molecule has 0 aromatic carbocycles. The van der Waals surface area contributed by atoms with Gasteiger partial charge in [-0.1, -0.05) is 0 Å². The van der Waals surface area contributed by atoms with Crippen molar-refractivity contribution in [3.63, 3.8) is 0 Å². The van der Waals surface area contributed by atoms with Gasteiger partial charge in [0, 0.05) is 18.5 Å². The number of nitrogen functional groups attached to an aromatic ring is 1. The third kappa shape index (κ3) is 2.66. The number of pyridine rings is 1. The van der Waals surface area contributed by atoms with Crippen LogP contribution in [0.3, 0.4) is 0 Å². The minimum Gasteiger partial charge on any atom is -0.306 e. The number of nitrogens with one attached hydrogen (secondary N) is 1. The number of hydrogen-bond donors (Lipinski definition) is 2. The Kier molecular flexibility index (Phi) is 3.45. The van der Waals surface area contributed by atoms with Crippen LogP contribution < -0.4 is 11.3 Å². The maximum absolute atomic E-state index is 13.4. The molecular formula is C9H7F2N5S. The number of nitrogens with two attached hydrogens (primary N) is 1. The molecule has 3 N–H and O–H groups in total. The Bertz CT molecular complexity index is 522. The number of hydrogen-bond acceptors (Lipinski definition) is 6. The average Bonchev–Trinajstić information content (AvgIpc) is 2.34. The Hall–Kier alpha value is -1.80. The fraction of sp³-hybridized carbons (Fsp3) is 0. The van der Waals surface area contributed by atoms with E-state index in [0.717, 1.165) is 11.8 Å². The second kappa shape index (κ2) is 5.02. The second-order valence-electron chi connectivity index (χ2n) is 2.90. The van der Waals surface area contributed by atoms with Crippen LogP contribution in [0.1, 0.15) is 0 Å². The zero-order valence-corrected chi connectivity index (χ0v) is 9.21. The third-order valence-corrected chi connectivity index (χ3v) is 2.67. The van der Waals surface area contributed by atoms with Crippen LogP contribution >= 0.6 is 11.8 Å². The third-order valence-electron chi connectivity index (χ3n) is 1.77. The lowest BCUT2D eigenvalue weighted by molar-refractivity contribution is 0.551. The molecule has 5 nitrogen and oxygen atoms in total. The summed E-state index contributed by atoms with van der Waals surface area (Å²) >= 11 is 0.931. The van der Waals surface area contributed by atoms with Gasteiger partial charge in [0.25, 0.3) is 0 Å². The van der Waals surface area contributed by atoms with E-state index >= 15 is 0 Å². The molecule has 0 saturated carbocycles. The maximum atomic E-state index is 13.4. The highest BCUT2D eigenvalue weighted by molar-refractivity contribution is 7.99. The first-order chi connectivity index (χ1) is 8.20. The molecule has 2 heterocycles. The highest BCUT2D eigenvalue weighted by Crippen LogP contribution is 2.28. The second-order valence-corrected chi connectivity index (χ2v) is 3.90. The molecule has 2 rings (SSSR count). The molecule has 0 spiro atoms. The van der Waals surface area contributed by atoms with Crippen molar-refractivity contribution in [3.8, 4) is 0 Å². The molecule has 0 aliphatic rings. The first-order valence-electron chi connectivity index (χ1n) is 4.47. The Labute approximate surface area is 99.5 Å². The zero-order chi connectivity index (χ0) is 12.3. The first-order valence-corrected chi connectivity index (χ1v) is 5.29. The summed E-state index contributed by atoms with van der Waals surface area (Å²) in [4.78, 5) is 11.5. The summed E-state index contributed by atoms with van der Waals surface area (Å²) in [5.41, 5.74) is 2.05. The molecule has 88 valence electrons. The molecular weight excluding hydrogens is 248 g/mol. The monoisotopic (exact) mass is 255 g/mol. The van der Waals surface area contributed by atoms with Gasteiger partial charge >= 0.3 is 0 Å². The molecule has 2 aromatic heterocycles. The van der Waals surface area contributed by atoms with Gasteiger partial charge in [-0.15, -0.1) is 0 Å². The summed E-state index contributed by atoms with van der Waals surface area (Å²) in [6, 6.07) is 0.709. The van der Waals surface area contributed by atoms with E-state index < -0.39 is 11.6 Å². The summed E-state index contributed by atoms with van der Waals surface area (Å²) < 4.78 is 26.5. The SMILES string of the molecule is NNc1nc(Sc2cnccn2)c(F)cc1F. The lowest BCUT2D eigenvalue weighted by Crippen LogP contribution is -2.11. The Balaban J connectivity index is 2.33. The normalized spacial score (nSPS) is 10.3. The van der Waals surface area contributed by atoms with Crippen LogP contribution in [0.5, 0.6) is 0 Å². The van der Waals surface area contributed by atoms with Crippen LogP contribution in [0.25, 0.3) is 0 Å². The molecule has 0 bridgehead atoms. The number of nitrogens with zero attached hydrogens (tertiary/aromatic N) is 3. The van der Waals surface area contributed by atoms with E-state index in [1.165, 1.54) is 18.6 Å². The Morgan fingerprint density at radius 1 is 1.24 bits per heavy atom. The van der Waals surface area contributed by atoms with Crippen molar-refractivity contribution in [1.82, 2.24) is 15.0 Å². The fourth-order valence-corrected chi connectivity index (χ4v) is 1.78. The van der Waals surface area contributed by atoms with Gasteiger partial charge in [0.2, 0.25) is 0 Å². The molecule has 2 aromatic rings. The summed E-state index contributed by atoms with van der Waals surface area (Å²) in [5, 5.41) is 0.424. The molecule has 0 saturated heterocycles. The van der Waals surface area contributed by atoms with Crippen LogP contribution in [0.4, 0.5) is 14.6 Å². The van der Waals surface area contributed by atoms with Crippen LogP contribution in [0.15, 0.2) is 34.7 Å². The fourth-order valence-electron chi connectivity index (χ4n) is 1.06. The van der Waals surface area contributed by atoms with Crippen LogP contribution in [0, 0.1) is 11.6 Å². The van der Waals surface area contributed by atoms with Gasteiger partial charge in [-0.2, -0.15) is 0 Å². The van der Waals surface area contributed by atoms with E-state index in [1.807, 2.05) is 5.43 Å². The summed E-state index contributed by atoms with van der Waals surface area (Å²) in [7, 11) is 0. The molecule has 17 heavy (non-hydrogen) atoms. The van der Waals surface area contributed by atoms with Gasteiger partial charge in [-0.05, 0) is 11.8 Å². The molecule has 0 amide bonds. The lowest BCUT2D eigenvalue weighted by Gasteiger charge is -2.05. The molecule has 0 fully saturated rings. The number of anilines is 1. The van der Waals surface area contributed by atoms with E-state index in [-0.39, 0.29) is 10.8 Å². The van der Waals surface area contributed by atoms with Gasteiger partial charge in [0.1, 0.15) is 10.1 Å². The molecule has 0 unspecified atom stereocenters. The van der Waals surface area contributed by atoms with Crippen LogP contribution in [-0.2, 0) is 0 Å². The molecule has 0 atom stereocenters. The van der Waals surface area contributed by atoms with Crippen molar-refractivity contribution in [2.75, 3.05) is 5.43 Å². The number of hydrazine groups is 1. The van der Waals surface area contributed by atoms with Crippen LogP contribution in [-0.4, -0.2) is 15.0 Å². The quantitative estimate of drug-likeness (QED) is 0.640. The van der Waals surface area contributed by atoms with Crippen molar-refractivity contribution in [2.24, 2.45) is 5.84 Å². The van der Waals surface area contributed by atoms with E-state index in [9.17, 15) is 8.78 Å². The number of halogens is 2. The highest BCUT2D eigenvalue weighted by atomic mass is 32.2. The number of aromatic nitrogens is 3. The number of rotatable bonds is 3. The van der Waals surface area contributed by atoms with Crippen molar-refractivity contribution < 1.29 is 8.78 Å². The van der Waals surface area contributed by atoms with Gasteiger partial charge in [-0.3, -0.25) is 4.98 Å². The van der Waals surface area contributed by atoms with E-state index in [0.29, 0.717) is 11.1 Å². The van der Waals surface area contributed by atoms with Crippen molar-refractivity contribution in [3.05, 3.63) is 36.3 Å². The lowest BCUT2D eigenvalue weighted by atomic mass is 10.4. The predicted molar refractivity (Wildman–Crippen MR) is 58.1 cm³/mol. The van der Waals surface area contributed by atoms with Crippen molar-refractivity contribution in [1.29, 1.82) is 0 Å². The van der Waals surface area contributed by atoms with Crippen molar-refractivity contribution >= 4 is 17.6 Å². The van der Waals surface area contributed by atoms with E-state index in [4.69, 9.17) is 5.84 Å². The Morgan fingerprint density at radius 2 is 2.06 bits per heavy atom. The minimum atomic E-state index is -0.853. The summed E-state index contributed by atoms with van der Waals surface area (Å²) in [6.07, 6.45) is 4.40.